The molecule has 0 radical (unpaired) electrons. The lowest BCUT2D eigenvalue weighted by molar-refractivity contribution is 0.0746. The van der Waals surface area contributed by atoms with Crippen molar-refractivity contribution in [1.29, 1.82) is 0 Å². The van der Waals surface area contributed by atoms with E-state index in [1.165, 1.54) is 47.4 Å². The van der Waals surface area contributed by atoms with Crippen molar-refractivity contribution >= 4 is 23.5 Å². The Bertz CT molecular complexity index is 1040. The smallest absolute Gasteiger partial charge is 0.415 e. The summed E-state index contributed by atoms with van der Waals surface area (Å²) >= 11 is 0. The normalized spacial score (nSPS) is 21.1. The fraction of sp³-hybridized carbons (Fsp3) is 0.480. The maximum Gasteiger partial charge on any atom is 0.415 e. The average Bonchev–Trinajstić information content (AvgIpc) is 3.76. The minimum atomic E-state index is -0.386. The molecule has 7 nitrogen and oxygen atoms in total. The highest BCUT2D eigenvalue weighted by Crippen LogP contribution is 2.48. The number of carbonyl (C=O) groups is 2. The van der Waals surface area contributed by atoms with Crippen molar-refractivity contribution in [3.8, 4) is 0 Å². The molecule has 166 valence electrons. The number of pyridine rings is 1. The molecule has 7 heteroatoms. The number of hydrogen-bond acceptors (Lipinski definition) is 5. The van der Waals surface area contributed by atoms with Gasteiger partial charge in [0, 0.05) is 38.1 Å². The monoisotopic (exact) mass is 432 g/mol. The topological polar surface area (TPSA) is 66.0 Å². The van der Waals surface area contributed by atoms with Gasteiger partial charge in [-0.1, -0.05) is 12.1 Å². The Morgan fingerprint density at radius 3 is 2.34 bits per heavy atom. The van der Waals surface area contributed by atoms with E-state index < -0.39 is 0 Å². The van der Waals surface area contributed by atoms with Crippen LogP contribution in [0.5, 0.6) is 0 Å². The number of rotatable bonds is 5. The third kappa shape index (κ3) is 3.70. The summed E-state index contributed by atoms with van der Waals surface area (Å²) in [6.07, 6.45) is 6.46. The number of ether oxygens (including phenoxy) is 1. The average molecular weight is 433 g/mol. The molecule has 1 aromatic heterocycles. The summed E-state index contributed by atoms with van der Waals surface area (Å²) in [7, 11) is 0. The van der Waals surface area contributed by atoms with E-state index in [0.29, 0.717) is 37.6 Å². The number of aromatic nitrogens is 1. The number of piperazine rings is 1. The molecule has 6 rings (SSSR count). The predicted molar refractivity (Wildman–Crippen MR) is 121 cm³/mol. The summed E-state index contributed by atoms with van der Waals surface area (Å²) in [6.45, 7) is 3.96. The molecule has 2 saturated carbocycles. The van der Waals surface area contributed by atoms with E-state index in [2.05, 4.69) is 28.1 Å². The lowest BCUT2D eigenvalue weighted by Gasteiger charge is -2.37. The van der Waals surface area contributed by atoms with Crippen LogP contribution in [0.2, 0.25) is 0 Å². The molecule has 0 unspecified atom stereocenters. The largest absolute Gasteiger partial charge is 0.447 e. The number of nitrogens with zero attached hydrogens (tertiary/aromatic N) is 4. The van der Waals surface area contributed by atoms with Crippen molar-refractivity contribution < 1.29 is 14.3 Å². The molecule has 1 aromatic carbocycles. The SMILES string of the molecule is O=C(c1ccc(N2CCOC2=O)nc1)N1CCN(c2ccc(C3CC3)cc2C2CC2)CC1. The van der Waals surface area contributed by atoms with E-state index >= 15 is 0 Å². The molecule has 2 saturated heterocycles. The van der Waals surface area contributed by atoms with Crippen molar-refractivity contribution in [3.05, 3.63) is 53.2 Å². The highest BCUT2D eigenvalue weighted by molar-refractivity contribution is 5.95. The Hall–Kier alpha value is -3.09. The Kier molecular flexibility index (Phi) is 4.77. The van der Waals surface area contributed by atoms with Crippen LogP contribution in [0.3, 0.4) is 0 Å². The summed E-state index contributed by atoms with van der Waals surface area (Å²) < 4.78 is 4.95. The number of anilines is 2. The number of cyclic esters (lactones) is 1. The third-order valence-corrected chi connectivity index (χ3v) is 7.06. The van der Waals surface area contributed by atoms with Crippen LogP contribution in [0, 0.1) is 0 Å². The molecule has 2 aliphatic heterocycles. The van der Waals surface area contributed by atoms with Crippen molar-refractivity contribution in [2.45, 2.75) is 37.5 Å². The van der Waals surface area contributed by atoms with E-state index in [0.717, 1.165) is 24.9 Å². The second kappa shape index (κ2) is 7.80. The molecule has 2 aromatic rings. The third-order valence-electron chi connectivity index (χ3n) is 7.06. The fourth-order valence-electron chi connectivity index (χ4n) is 4.86. The number of carbonyl (C=O) groups excluding carboxylic acids is 2. The van der Waals surface area contributed by atoms with Gasteiger partial charge < -0.3 is 14.5 Å². The van der Waals surface area contributed by atoms with Crippen LogP contribution in [0.1, 0.15) is 59.0 Å². The van der Waals surface area contributed by atoms with Crippen molar-refractivity contribution in [2.75, 3.05) is 49.1 Å². The standard InChI is InChI=1S/C25H28N4O3/c30-24(20-6-8-23(26-16-20)29-13-14-32-25(29)31)28-11-9-27(10-12-28)22-7-5-19(17-1-2-17)15-21(22)18-3-4-18/h5-8,15-18H,1-4,9-14H2. The van der Waals surface area contributed by atoms with Gasteiger partial charge in [0.2, 0.25) is 0 Å². The summed E-state index contributed by atoms with van der Waals surface area (Å²) in [4.78, 5) is 34.9. The molecule has 0 N–H and O–H groups in total. The summed E-state index contributed by atoms with van der Waals surface area (Å²) in [5.41, 5.74) is 4.96. The first-order valence-corrected chi connectivity index (χ1v) is 11.8. The van der Waals surface area contributed by atoms with Crippen molar-refractivity contribution in [3.63, 3.8) is 0 Å². The molecule has 2 amide bonds. The zero-order valence-electron chi connectivity index (χ0n) is 18.2. The molecule has 0 atom stereocenters. The summed E-state index contributed by atoms with van der Waals surface area (Å²) in [5.74, 6) is 2.03. The lowest BCUT2D eigenvalue weighted by Crippen LogP contribution is -2.49. The van der Waals surface area contributed by atoms with Crippen LogP contribution < -0.4 is 9.80 Å². The van der Waals surface area contributed by atoms with Gasteiger partial charge in [0.05, 0.1) is 12.1 Å². The Balaban J connectivity index is 1.11. The second-order valence-electron chi connectivity index (χ2n) is 9.32. The van der Waals surface area contributed by atoms with Gasteiger partial charge in [-0.05, 0) is 66.8 Å². The van der Waals surface area contributed by atoms with Crippen LogP contribution >= 0.6 is 0 Å². The predicted octanol–water partition coefficient (Wildman–Crippen LogP) is 3.76. The maximum atomic E-state index is 13.0. The molecule has 0 bridgehead atoms. The maximum absolute atomic E-state index is 13.0. The van der Waals surface area contributed by atoms with Crippen molar-refractivity contribution in [2.24, 2.45) is 0 Å². The number of benzene rings is 1. The van der Waals surface area contributed by atoms with Crippen LogP contribution in [0.25, 0.3) is 0 Å². The molecule has 2 aliphatic carbocycles. The highest BCUT2D eigenvalue weighted by atomic mass is 16.6. The first kappa shape index (κ1) is 19.6. The lowest BCUT2D eigenvalue weighted by atomic mass is 10.0. The van der Waals surface area contributed by atoms with Crippen LogP contribution in [0.15, 0.2) is 36.5 Å². The van der Waals surface area contributed by atoms with Gasteiger partial charge in [-0.25, -0.2) is 9.78 Å². The van der Waals surface area contributed by atoms with E-state index in [1.54, 1.807) is 18.3 Å². The van der Waals surface area contributed by atoms with E-state index in [4.69, 9.17) is 4.74 Å². The molecular weight excluding hydrogens is 404 g/mol. The van der Waals surface area contributed by atoms with Crippen molar-refractivity contribution in [1.82, 2.24) is 9.88 Å². The zero-order valence-corrected chi connectivity index (χ0v) is 18.2. The fourth-order valence-corrected chi connectivity index (χ4v) is 4.86. The molecule has 3 heterocycles. The van der Waals surface area contributed by atoms with Gasteiger partial charge >= 0.3 is 6.09 Å². The first-order valence-electron chi connectivity index (χ1n) is 11.8. The van der Waals surface area contributed by atoms with Gasteiger partial charge in [0.25, 0.3) is 5.91 Å². The van der Waals surface area contributed by atoms with Gasteiger partial charge in [0.1, 0.15) is 12.4 Å². The molecule has 4 fully saturated rings. The van der Waals surface area contributed by atoms with Crippen LogP contribution in [-0.2, 0) is 4.74 Å². The first-order chi connectivity index (χ1) is 15.7. The Morgan fingerprint density at radius 1 is 0.938 bits per heavy atom. The van der Waals surface area contributed by atoms with Gasteiger partial charge in [-0.15, -0.1) is 0 Å². The van der Waals surface area contributed by atoms with Crippen LogP contribution in [0.4, 0.5) is 16.3 Å². The molecule has 4 aliphatic rings. The second-order valence-corrected chi connectivity index (χ2v) is 9.32. The van der Waals surface area contributed by atoms with Gasteiger partial charge in [-0.3, -0.25) is 9.69 Å². The molecular formula is C25H28N4O3. The highest BCUT2D eigenvalue weighted by Gasteiger charge is 2.32. The number of amides is 2. The number of hydrogen-bond donors (Lipinski definition) is 0. The Labute approximate surface area is 188 Å². The summed E-state index contributed by atoms with van der Waals surface area (Å²) in [5, 5.41) is 0. The Morgan fingerprint density at radius 2 is 1.72 bits per heavy atom. The zero-order chi connectivity index (χ0) is 21.7. The minimum absolute atomic E-state index is 0.000744. The summed E-state index contributed by atoms with van der Waals surface area (Å²) in [6, 6.07) is 10.6. The quantitative estimate of drug-likeness (QED) is 0.720. The minimum Gasteiger partial charge on any atom is -0.447 e. The van der Waals surface area contributed by atoms with Crippen LogP contribution in [-0.4, -0.2) is 61.2 Å². The van der Waals surface area contributed by atoms with E-state index in [-0.39, 0.29) is 12.0 Å². The van der Waals surface area contributed by atoms with E-state index in [1.807, 2.05) is 4.90 Å². The van der Waals surface area contributed by atoms with Gasteiger partial charge in [0.15, 0.2) is 0 Å². The molecule has 32 heavy (non-hydrogen) atoms. The van der Waals surface area contributed by atoms with Gasteiger partial charge in [-0.2, -0.15) is 0 Å². The van der Waals surface area contributed by atoms with E-state index in [9.17, 15) is 9.59 Å². The molecule has 0 spiro atoms.